The van der Waals surface area contributed by atoms with Crippen LogP contribution in [-0.4, -0.2) is 5.91 Å². The van der Waals surface area contributed by atoms with Crippen LogP contribution in [0, 0.1) is 12.7 Å². The number of carbonyl (C=O) groups is 1. The molecule has 0 bridgehead atoms. The molecule has 0 saturated carbocycles. The molecule has 104 valence electrons. The van der Waals surface area contributed by atoms with Crippen molar-refractivity contribution in [1.29, 1.82) is 0 Å². The van der Waals surface area contributed by atoms with Gasteiger partial charge in [0.1, 0.15) is 5.82 Å². The molecule has 0 aliphatic rings. The van der Waals surface area contributed by atoms with Gasteiger partial charge in [0.15, 0.2) is 0 Å². The number of rotatable bonds is 3. The Morgan fingerprint density at radius 3 is 2.50 bits per heavy atom. The largest absolute Gasteiger partial charge is 0.399 e. The van der Waals surface area contributed by atoms with Crippen molar-refractivity contribution in [3.63, 3.8) is 0 Å². The number of halogens is 1. The lowest BCUT2D eigenvalue weighted by Gasteiger charge is -2.15. The second-order valence-electron chi connectivity index (χ2n) is 4.85. The Morgan fingerprint density at radius 2 is 1.85 bits per heavy atom. The fourth-order valence-corrected chi connectivity index (χ4v) is 1.93. The van der Waals surface area contributed by atoms with Crippen LogP contribution in [0.2, 0.25) is 0 Å². The summed E-state index contributed by atoms with van der Waals surface area (Å²) in [5.41, 5.74) is 8.01. The number of amides is 1. The van der Waals surface area contributed by atoms with E-state index in [2.05, 4.69) is 5.32 Å². The summed E-state index contributed by atoms with van der Waals surface area (Å²) in [5.74, 6) is -1.05. The number of aryl methyl sites for hydroxylation is 1. The molecule has 0 aliphatic heterocycles. The van der Waals surface area contributed by atoms with E-state index in [1.807, 2.05) is 38.1 Å². The third-order valence-corrected chi connectivity index (χ3v) is 3.16. The number of hydrogen-bond acceptors (Lipinski definition) is 2. The zero-order chi connectivity index (χ0) is 14.7. The second kappa shape index (κ2) is 5.74. The van der Waals surface area contributed by atoms with Crippen LogP contribution in [-0.2, 0) is 0 Å². The molecular weight excluding hydrogens is 255 g/mol. The molecule has 2 aromatic rings. The third kappa shape index (κ3) is 3.15. The number of nitrogens with two attached hydrogens (primary N) is 1. The number of anilines is 1. The molecule has 0 fully saturated rings. The molecule has 0 radical (unpaired) electrons. The van der Waals surface area contributed by atoms with Crippen LogP contribution in [0.3, 0.4) is 0 Å². The fourth-order valence-electron chi connectivity index (χ4n) is 1.93. The van der Waals surface area contributed by atoms with Crippen molar-refractivity contribution in [2.24, 2.45) is 0 Å². The molecule has 2 aromatic carbocycles. The first-order chi connectivity index (χ1) is 9.47. The summed E-state index contributed by atoms with van der Waals surface area (Å²) in [6.45, 7) is 3.85. The minimum absolute atomic E-state index is 0.0380. The van der Waals surface area contributed by atoms with Gasteiger partial charge in [-0.1, -0.05) is 29.8 Å². The first-order valence-electron chi connectivity index (χ1n) is 6.40. The van der Waals surface area contributed by atoms with E-state index in [0.29, 0.717) is 5.69 Å². The van der Waals surface area contributed by atoms with Gasteiger partial charge >= 0.3 is 0 Å². The number of nitrogen functional groups attached to an aromatic ring is 1. The quantitative estimate of drug-likeness (QED) is 0.843. The maximum atomic E-state index is 13.6. The Kier molecular flexibility index (Phi) is 4.03. The first kappa shape index (κ1) is 14.1. The van der Waals surface area contributed by atoms with Crippen molar-refractivity contribution in [3.8, 4) is 0 Å². The zero-order valence-corrected chi connectivity index (χ0v) is 11.5. The molecule has 1 amide bonds. The Morgan fingerprint density at radius 1 is 1.20 bits per heavy atom. The molecule has 0 saturated heterocycles. The minimum Gasteiger partial charge on any atom is -0.399 e. The lowest BCUT2D eigenvalue weighted by Crippen LogP contribution is -2.27. The van der Waals surface area contributed by atoms with Gasteiger partial charge in [0.05, 0.1) is 11.6 Å². The van der Waals surface area contributed by atoms with E-state index in [-0.39, 0.29) is 11.6 Å². The average Bonchev–Trinajstić information content (AvgIpc) is 2.42. The average molecular weight is 272 g/mol. The van der Waals surface area contributed by atoms with Gasteiger partial charge in [-0.3, -0.25) is 4.79 Å². The Balaban J connectivity index is 2.15. The van der Waals surface area contributed by atoms with E-state index in [1.165, 1.54) is 18.2 Å². The van der Waals surface area contributed by atoms with E-state index < -0.39 is 11.7 Å². The Hall–Kier alpha value is -2.36. The molecule has 0 aliphatic carbocycles. The third-order valence-electron chi connectivity index (χ3n) is 3.16. The topological polar surface area (TPSA) is 55.1 Å². The molecular formula is C16H17FN2O. The van der Waals surface area contributed by atoms with Crippen LogP contribution >= 0.6 is 0 Å². The predicted molar refractivity (Wildman–Crippen MR) is 77.9 cm³/mol. The van der Waals surface area contributed by atoms with E-state index in [0.717, 1.165) is 11.1 Å². The van der Waals surface area contributed by atoms with Crippen molar-refractivity contribution >= 4 is 11.6 Å². The molecule has 0 aromatic heterocycles. The molecule has 3 nitrogen and oxygen atoms in total. The van der Waals surface area contributed by atoms with Crippen molar-refractivity contribution in [3.05, 3.63) is 65.0 Å². The highest BCUT2D eigenvalue weighted by atomic mass is 19.1. The fraction of sp³-hybridized carbons (Fsp3) is 0.188. The zero-order valence-electron chi connectivity index (χ0n) is 11.5. The molecule has 4 heteroatoms. The second-order valence-corrected chi connectivity index (χ2v) is 4.85. The highest BCUT2D eigenvalue weighted by Crippen LogP contribution is 2.16. The lowest BCUT2D eigenvalue weighted by atomic mass is 10.1. The summed E-state index contributed by atoms with van der Waals surface area (Å²) in [6, 6.07) is 11.6. The summed E-state index contributed by atoms with van der Waals surface area (Å²) in [5, 5.41) is 2.77. The molecule has 0 heterocycles. The van der Waals surface area contributed by atoms with Gasteiger partial charge in [-0.2, -0.15) is 0 Å². The van der Waals surface area contributed by atoms with Crippen LogP contribution in [0.1, 0.15) is 34.5 Å². The SMILES string of the molecule is Cc1ccc(C(C)NC(=O)c2cc(N)ccc2F)cc1. The number of nitrogens with one attached hydrogen (secondary N) is 1. The Bertz CT molecular complexity index is 623. The molecule has 1 unspecified atom stereocenters. The minimum atomic E-state index is -0.576. The van der Waals surface area contributed by atoms with Gasteiger partial charge in [-0.05, 0) is 37.6 Å². The van der Waals surface area contributed by atoms with Crippen molar-refractivity contribution in [2.75, 3.05) is 5.73 Å². The Labute approximate surface area is 117 Å². The number of benzene rings is 2. The van der Waals surface area contributed by atoms with Crippen LogP contribution < -0.4 is 11.1 Å². The van der Waals surface area contributed by atoms with Gasteiger partial charge in [-0.15, -0.1) is 0 Å². The van der Waals surface area contributed by atoms with Gasteiger partial charge in [0, 0.05) is 5.69 Å². The number of hydrogen-bond donors (Lipinski definition) is 2. The molecule has 2 rings (SSSR count). The van der Waals surface area contributed by atoms with E-state index in [1.54, 1.807) is 0 Å². The predicted octanol–water partition coefficient (Wildman–Crippen LogP) is 3.21. The van der Waals surface area contributed by atoms with Crippen LogP contribution in [0.4, 0.5) is 10.1 Å². The summed E-state index contributed by atoms with van der Waals surface area (Å²) in [4.78, 5) is 12.1. The highest BCUT2D eigenvalue weighted by Gasteiger charge is 2.15. The summed E-state index contributed by atoms with van der Waals surface area (Å²) in [7, 11) is 0. The van der Waals surface area contributed by atoms with Gasteiger partial charge in [0.25, 0.3) is 5.91 Å². The molecule has 0 spiro atoms. The molecule has 20 heavy (non-hydrogen) atoms. The number of carbonyl (C=O) groups excluding carboxylic acids is 1. The maximum absolute atomic E-state index is 13.6. The van der Waals surface area contributed by atoms with Crippen LogP contribution in [0.25, 0.3) is 0 Å². The van der Waals surface area contributed by atoms with Crippen molar-refractivity contribution in [2.45, 2.75) is 19.9 Å². The van der Waals surface area contributed by atoms with Gasteiger partial charge in [0.2, 0.25) is 0 Å². The highest BCUT2D eigenvalue weighted by molar-refractivity contribution is 5.95. The lowest BCUT2D eigenvalue weighted by molar-refractivity contribution is 0.0936. The van der Waals surface area contributed by atoms with Gasteiger partial charge in [-0.25, -0.2) is 4.39 Å². The van der Waals surface area contributed by atoms with Crippen LogP contribution in [0.5, 0.6) is 0 Å². The van der Waals surface area contributed by atoms with Gasteiger partial charge < -0.3 is 11.1 Å². The van der Waals surface area contributed by atoms with Crippen molar-refractivity contribution in [1.82, 2.24) is 5.32 Å². The molecule has 3 N–H and O–H groups in total. The van der Waals surface area contributed by atoms with E-state index in [4.69, 9.17) is 5.73 Å². The van der Waals surface area contributed by atoms with E-state index in [9.17, 15) is 9.18 Å². The smallest absolute Gasteiger partial charge is 0.254 e. The monoisotopic (exact) mass is 272 g/mol. The normalized spacial score (nSPS) is 11.9. The summed E-state index contributed by atoms with van der Waals surface area (Å²) < 4.78 is 13.6. The van der Waals surface area contributed by atoms with Crippen LogP contribution in [0.15, 0.2) is 42.5 Å². The van der Waals surface area contributed by atoms with E-state index >= 15 is 0 Å². The van der Waals surface area contributed by atoms with Crippen molar-refractivity contribution < 1.29 is 9.18 Å². The standard InChI is InChI=1S/C16H17FN2O/c1-10-3-5-12(6-4-10)11(2)19-16(20)14-9-13(18)7-8-15(14)17/h3-9,11H,18H2,1-2H3,(H,19,20). The molecule has 1 atom stereocenters. The first-order valence-corrected chi connectivity index (χ1v) is 6.40. The maximum Gasteiger partial charge on any atom is 0.254 e. The summed E-state index contributed by atoms with van der Waals surface area (Å²) >= 11 is 0. The summed E-state index contributed by atoms with van der Waals surface area (Å²) in [6.07, 6.45) is 0.